The number of carbonyl (C=O) groups excluding carboxylic acids is 2. The van der Waals surface area contributed by atoms with Gasteiger partial charge in [0.15, 0.2) is 5.76 Å². The number of hydrogen-bond acceptors (Lipinski definition) is 6. The number of furan rings is 1. The molecule has 1 aromatic heterocycles. The molecule has 0 spiro atoms. The summed E-state index contributed by atoms with van der Waals surface area (Å²) < 4.78 is 31.5. The van der Waals surface area contributed by atoms with E-state index in [1.54, 1.807) is 6.07 Å². The number of phenolic OH excluding ortho intramolecular Hbond substituents is 1. The van der Waals surface area contributed by atoms with E-state index in [0.717, 1.165) is 12.8 Å². The lowest BCUT2D eigenvalue weighted by molar-refractivity contribution is -0.115. The third-order valence-electron chi connectivity index (χ3n) is 4.10. The van der Waals surface area contributed by atoms with Crippen molar-refractivity contribution in [2.75, 3.05) is 25.0 Å². The monoisotopic (exact) mass is 393 g/mol. The molecule has 2 amide bonds. The van der Waals surface area contributed by atoms with Gasteiger partial charge in [-0.1, -0.05) is 0 Å². The van der Waals surface area contributed by atoms with Gasteiger partial charge in [0.25, 0.3) is 5.91 Å². The molecule has 144 valence electrons. The summed E-state index contributed by atoms with van der Waals surface area (Å²) in [5.41, 5.74) is -0.0486. The summed E-state index contributed by atoms with van der Waals surface area (Å²) in [5.74, 6) is -1.41. The molecule has 1 aromatic carbocycles. The summed E-state index contributed by atoms with van der Waals surface area (Å²) in [6.45, 7) is 0.523. The summed E-state index contributed by atoms with van der Waals surface area (Å²) in [5, 5.41) is 14.7. The second kappa shape index (κ2) is 7.80. The van der Waals surface area contributed by atoms with Crippen LogP contribution in [-0.4, -0.2) is 49.3 Å². The number of hydrogen-bond donors (Lipinski definition) is 3. The lowest BCUT2D eigenvalue weighted by Crippen LogP contribution is -2.32. The van der Waals surface area contributed by atoms with Crippen LogP contribution in [0.4, 0.5) is 5.69 Å². The minimum atomic E-state index is -3.68. The Hall–Kier alpha value is -2.85. The fourth-order valence-corrected chi connectivity index (χ4v) is 4.25. The molecule has 0 bridgehead atoms. The highest BCUT2D eigenvalue weighted by Crippen LogP contribution is 2.29. The Morgan fingerprint density at radius 3 is 2.59 bits per heavy atom. The van der Waals surface area contributed by atoms with Crippen LogP contribution in [0.1, 0.15) is 23.4 Å². The van der Waals surface area contributed by atoms with E-state index in [0.29, 0.717) is 13.1 Å². The molecule has 3 rings (SSSR count). The lowest BCUT2D eigenvalue weighted by atomic mass is 10.3. The molecule has 1 aliphatic heterocycles. The first-order valence-electron chi connectivity index (χ1n) is 8.32. The van der Waals surface area contributed by atoms with E-state index in [1.165, 1.54) is 34.8 Å². The number of anilines is 1. The van der Waals surface area contributed by atoms with Crippen molar-refractivity contribution < 1.29 is 27.5 Å². The maximum Gasteiger partial charge on any atom is 0.287 e. The van der Waals surface area contributed by atoms with Gasteiger partial charge in [-0.05, 0) is 43.2 Å². The SMILES string of the molecule is O=C(CNC(=O)c1ccco1)Nc1cc(S(=O)(=O)N2CCCC2)ccc1O. The largest absolute Gasteiger partial charge is 0.506 e. The third-order valence-corrected chi connectivity index (χ3v) is 5.99. The first kappa shape index (κ1) is 18.9. The van der Waals surface area contributed by atoms with Crippen LogP contribution in [0.5, 0.6) is 5.75 Å². The van der Waals surface area contributed by atoms with Crippen molar-refractivity contribution in [3.05, 3.63) is 42.4 Å². The molecular formula is C17H19N3O6S. The minimum absolute atomic E-state index is 0.0166. The number of amides is 2. The summed E-state index contributed by atoms with van der Waals surface area (Å²) in [6.07, 6.45) is 2.94. The Bertz CT molecular complexity index is 934. The maximum atomic E-state index is 12.6. The molecule has 0 atom stereocenters. The second-order valence-corrected chi connectivity index (χ2v) is 7.94. The zero-order valence-corrected chi connectivity index (χ0v) is 15.2. The van der Waals surface area contributed by atoms with Crippen LogP contribution in [0.3, 0.4) is 0 Å². The van der Waals surface area contributed by atoms with Crippen LogP contribution < -0.4 is 10.6 Å². The van der Waals surface area contributed by atoms with Crippen molar-refractivity contribution in [3.63, 3.8) is 0 Å². The fraction of sp³-hybridized carbons (Fsp3) is 0.294. The van der Waals surface area contributed by atoms with Crippen LogP contribution >= 0.6 is 0 Å². The van der Waals surface area contributed by atoms with Crippen molar-refractivity contribution in [3.8, 4) is 5.75 Å². The van der Waals surface area contributed by atoms with Gasteiger partial charge in [-0.15, -0.1) is 0 Å². The Morgan fingerprint density at radius 1 is 1.19 bits per heavy atom. The molecule has 0 radical (unpaired) electrons. The van der Waals surface area contributed by atoms with E-state index in [1.807, 2.05) is 0 Å². The number of rotatable bonds is 6. The zero-order valence-electron chi connectivity index (χ0n) is 14.3. The van der Waals surface area contributed by atoms with E-state index >= 15 is 0 Å². The molecular weight excluding hydrogens is 374 g/mol. The number of benzene rings is 1. The van der Waals surface area contributed by atoms with Gasteiger partial charge in [-0.3, -0.25) is 9.59 Å². The smallest absolute Gasteiger partial charge is 0.287 e. The van der Waals surface area contributed by atoms with E-state index in [4.69, 9.17) is 4.42 Å². The normalized spacial score (nSPS) is 14.8. The average molecular weight is 393 g/mol. The van der Waals surface area contributed by atoms with E-state index in [2.05, 4.69) is 10.6 Å². The summed E-state index contributed by atoms with van der Waals surface area (Å²) >= 11 is 0. The predicted molar refractivity (Wildman–Crippen MR) is 95.8 cm³/mol. The third kappa shape index (κ3) is 4.29. The fourth-order valence-electron chi connectivity index (χ4n) is 2.70. The number of sulfonamides is 1. The summed E-state index contributed by atoms with van der Waals surface area (Å²) in [7, 11) is -3.68. The molecule has 0 saturated carbocycles. The van der Waals surface area contributed by atoms with Crippen molar-refractivity contribution in [2.24, 2.45) is 0 Å². The maximum absolute atomic E-state index is 12.6. The van der Waals surface area contributed by atoms with Crippen LogP contribution in [0, 0.1) is 0 Å². The van der Waals surface area contributed by atoms with Gasteiger partial charge in [-0.25, -0.2) is 8.42 Å². The molecule has 10 heteroatoms. The van der Waals surface area contributed by atoms with Gasteiger partial charge in [-0.2, -0.15) is 4.31 Å². The predicted octanol–water partition coefficient (Wildman–Crippen LogP) is 1.14. The highest BCUT2D eigenvalue weighted by molar-refractivity contribution is 7.89. The molecule has 27 heavy (non-hydrogen) atoms. The number of aromatic hydroxyl groups is 1. The molecule has 3 N–H and O–H groups in total. The van der Waals surface area contributed by atoms with E-state index in [9.17, 15) is 23.1 Å². The van der Waals surface area contributed by atoms with Gasteiger partial charge in [0.2, 0.25) is 15.9 Å². The molecule has 0 aliphatic carbocycles. The van der Waals surface area contributed by atoms with Gasteiger partial charge >= 0.3 is 0 Å². The number of phenols is 1. The first-order valence-corrected chi connectivity index (χ1v) is 9.76. The van der Waals surface area contributed by atoms with Crippen molar-refractivity contribution in [1.82, 2.24) is 9.62 Å². The summed E-state index contributed by atoms with van der Waals surface area (Å²) in [4.78, 5) is 23.8. The molecule has 9 nitrogen and oxygen atoms in total. The average Bonchev–Trinajstić information content (AvgIpc) is 3.35. The lowest BCUT2D eigenvalue weighted by Gasteiger charge is -2.16. The summed E-state index contributed by atoms with van der Waals surface area (Å²) in [6, 6.07) is 6.69. The zero-order chi connectivity index (χ0) is 19.4. The second-order valence-electron chi connectivity index (χ2n) is 6.00. The number of nitrogens with zero attached hydrogens (tertiary/aromatic N) is 1. The Balaban J connectivity index is 1.67. The van der Waals surface area contributed by atoms with Gasteiger partial charge in [0, 0.05) is 13.1 Å². The standard InChI is InChI=1S/C17H19N3O6S/c21-14-6-5-12(27(24,25)20-7-1-2-8-20)10-13(14)19-16(22)11-18-17(23)15-4-3-9-26-15/h3-6,9-10,21H,1-2,7-8,11H2,(H,18,23)(H,19,22). The quantitative estimate of drug-likeness (QED) is 0.631. The highest BCUT2D eigenvalue weighted by atomic mass is 32.2. The Morgan fingerprint density at radius 2 is 1.93 bits per heavy atom. The molecule has 2 aromatic rings. The highest BCUT2D eigenvalue weighted by Gasteiger charge is 2.28. The molecule has 1 saturated heterocycles. The first-order chi connectivity index (χ1) is 12.9. The van der Waals surface area contributed by atoms with E-state index in [-0.39, 0.29) is 28.6 Å². The van der Waals surface area contributed by atoms with Crippen molar-refractivity contribution >= 4 is 27.5 Å². The van der Waals surface area contributed by atoms with Crippen LogP contribution in [0.2, 0.25) is 0 Å². The Labute approximate surface area is 156 Å². The Kier molecular flexibility index (Phi) is 5.47. The van der Waals surface area contributed by atoms with Gasteiger partial charge < -0.3 is 20.2 Å². The van der Waals surface area contributed by atoms with Crippen LogP contribution in [0.25, 0.3) is 0 Å². The minimum Gasteiger partial charge on any atom is -0.506 e. The molecule has 0 unspecified atom stereocenters. The van der Waals surface area contributed by atoms with Gasteiger partial charge in [0.05, 0.1) is 23.4 Å². The number of nitrogens with one attached hydrogen (secondary N) is 2. The van der Waals surface area contributed by atoms with Crippen LogP contribution in [0.15, 0.2) is 45.9 Å². The molecule has 2 heterocycles. The van der Waals surface area contributed by atoms with Gasteiger partial charge in [0.1, 0.15) is 5.75 Å². The van der Waals surface area contributed by atoms with Crippen molar-refractivity contribution in [1.29, 1.82) is 0 Å². The van der Waals surface area contributed by atoms with Crippen LogP contribution in [-0.2, 0) is 14.8 Å². The molecule has 1 fully saturated rings. The topological polar surface area (TPSA) is 129 Å². The van der Waals surface area contributed by atoms with Crippen molar-refractivity contribution in [2.45, 2.75) is 17.7 Å². The molecule has 1 aliphatic rings. The van der Waals surface area contributed by atoms with E-state index < -0.39 is 21.8 Å². The number of carbonyl (C=O) groups is 2.